The lowest BCUT2D eigenvalue weighted by Gasteiger charge is -2.34. The second-order valence-corrected chi connectivity index (χ2v) is 8.43. The van der Waals surface area contributed by atoms with Crippen LogP contribution in [0.15, 0.2) is 42.9 Å². The molecule has 1 aliphatic carbocycles. The fourth-order valence-corrected chi connectivity index (χ4v) is 4.63. The number of nitrogens with zero attached hydrogens (tertiary/aromatic N) is 4. The van der Waals surface area contributed by atoms with Gasteiger partial charge in [0.2, 0.25) is 5.91 Å². The second kappa shape index (κ2) is 9.51. The maximum atomic E-state index is 13.3. The Morgan fingerprint density at radius 1 is 1.03 bits per heavy atom. The highest BCUT2D eigenvalue weighted by Crippen LogP contribution is 2.40. The van der Waals surface area contributed by atoms with Crippen molar-refractivity contribution in [2.24, 2.45) is 0 Å². The lowest BCUT2D eigenvalue weighted by molar-refractivity contribution is -0.122. The summed E-state index contributed by atoms with van der Waals surface area (Å²) in [6.45, 7) is 3.28. The van der Waals surface area contributed by atoms with Gasteiger partial charge in [0.15, 0.2) is 0 Å². The molecule has 0 unspecified atom stereocenters. The molecule has 2 amide bonds. The summed E-state index contributed by atoms with van der Waals surface area (Å²) in [4.78, 5) is 36.9. The molecule has 1 saturated heterocycles. The number of nitrogens with one attached hydrogen (secondary N) is 1. The van der Waals surface area contributed by atoms with Crippen molar-refractivity contribution < 1.29 is 14.0 Å². The van der Waals surface area contributed by atoms with Crippen LogP contribution in [0.1, 0.15) is 41.7 Å². The first-order valence-corrected chi connectivity index (χ1v) is 10.9. The summed E-state index contributed by atoms with van der Waals surface area (Å²) in [6, 6.07) is 6.69. The van der Waals surface area contributed by atoms with Crippen molar-refractivity contribution in [3.8, 4) is 0 Å². The van der Waals surface area contributed by atoms with Gasteiger partial charge in [0.1, 0.15) is 11.5 Å². The van der Waals surface area contributed by atoms with Gasteiger partial charge in [0.05, 0.1) is 12.7 Å². The van der Waals surface area contributed by atoms with Crippen molar-refractivity contribution >= 4 is 11.8 Å². The summed E-state index contributed by atoms with van der Waals surface area (Å²) in [5.74, 6) is -0.375. The average molecular weight is 426 g/mol. The van der Waals surface area contributed by atoms with Crippen LogP contribution in [0.4, 0.5) is 4.39 Å². The Morgan fingerprint density at radius 3 is 2.39 bits per heavy atom. The first-order valence-electron chi connectivity index (χ1n) is 10.9. The Balaban J connectivity index is 1.26. The summed E-state index contributed by atoms with van der Waals surface area (Å²) >= 11 is 0. The van der Waals surface area contributed by atoms with E-state index in [2.05, 4.69) is 20.2 Å². The maximum absolute atomic E-state index is 13.3. The number of halogens is 1. The van der Waals surface area contributed by atoms with Crippen molar-refractivity contribution in [2.45, 2.75) is 31.1 Å². The van der Waals surface area contributed by atoms with E-state index in [4.69, 9.17) is 0 Å². The van der Waals surface area contributed by atoms with Gasteiger partial charge in [-0.2, -0.15) is 0 Å². The largest absolute Gasteiger partial charge is 0.354 e. The van der Waals surface area contributed by atoms with E-state index in [0.29, 0.717) is 45.0 Å². The smallest absolute Gasteiger partial charge is 0.274 e. The van der Waals surface area contributed by atoms with Crippen LogP contribution in [0.2, 0.25) is 0 Å². The summed E-state index contributed by atoms with van der Waals surface area (Å²) in [6.07, 6.45) is 8.77. The lowest BCUT2D eigenvalue weighted by atomic mass is 9.79. The molecule has 1 N–H and O–H groups in total. The highest BCUT2D eigenvalue weighted by Gasteiger charge is 2.36. The van der Waals surface area contributed by atoms with Gasteiger partial charge in [0.25, 0.3) is 5.91 Å². The highest BCUT2D eigenvalue weighted by atomic mass is 19.1. The van der Waals surface area contributed by atoms with Gasteiger partial charge in [-0.15, -0.1) is 0 Å². The molecule has 1 aliphatic heterocycles. The molecule has 0 spiro atoms. The molecule has 7 nitrogen and oxygen atoms in total. The van der Waals surface area contributed by atoms with Gasteiger partial charge in [-0.05, 0) is 30.5 Å². The van der Waals surface area contributed by atoms with E-state index >= 15 is 0 Å². The number of hydrogen-bond donors (Lipinski definition) is 1. The fraction of sp³-hybridized carbons (Fsp3) is 0.478. The Hall–Kier alpha value is -2.87. The van der Waals surface area contributed by atoms with Crippen LogP contribution in [-0.4, -0.2) is 70.9 Å². The SMILES string of the molecule is O=C(CN1CCN(C(=O)c2cnccn2)CC1)NCC1(c2ccc(F)cc2)CCCC1. The van der Waals surface area contributed by atoms with Crippen molar-refractivity contribution in [3.63, 3.8) is 0 Å². The Labute approximate surface area is 181 Å². The monoisotopic (exact) mass is 425 g/mol. The minimum atomic E-state index is -0.238. The average Bonchev–Trinajstić information content (AvgIpc) is 3.29. The van der Waals surface area contributed by atoms with E-state index in [-0.39, 0.29) is 23.0 Å². The first-order chi connectivity index (χ1) is 15.1. The number of aromatic nitrogens is 2. The van der Waals surface area contributed by atoms with Gasteiger partial charge in [0, 0.05) is 50.5 Å². The first kappa shape index (κ1) is 21.4. The van der Waals surface area contributed by atoms with Crippen molar-refractivity contribution in [3.05, 3.63) is 59.9 Å². The molecule has 0 radical (unpaired) electrons. The molecule has 8 heteroatoms. The minimum Gasteiger partial charge on any atom is -0.354 e. The van der Waals surface area contributed by atoms with Gasteiger partial charge in [-0.3, -0.25) is 19.5 Å². The van der Waals surface area contributed by atoms with Crippen molar-refractivity contribution in [2.75, 3.05) is 39.3 Å². The molecular weight excluding hydrogens is 397 g/mol. The predicted octanol–water partition coefficient (Wildman–Crippen LogP) is 2.00. The number of carbonyl (C=O) groups is 2. The van der Waals surface area contributed by atoms with Crippen LogP contribution in [0.5, 0.6) is 0 Å². The second-order valence-electron chi connectivity index (χ2n) is 8.43. The molecule has 2 heterocycles. The fourth-order valence-electron chi connectivity index (χ4n) is 4.63. The predicted molar refractivity (Wildman–Crippen MR) is 114 cm³/mol. The topological polar surface area (TPSA) is 78.4 Å². The highest BCUT2D eigenvalue weighted by molar-refractivity contribution is 5.92. The Kier molecular flexibility index (Phi) is 6.56. The van der Waals surface area contributed by atoms with Crippen molar-refractivity contribution in [1.82, 2.24) is 25.1 Å². The molecule has 0 bridgehead atoms. The molecular formula is C23H28FN5O2. The Morgan fingerprint density at radius 2 is 1.74 bits per heavy atom. The number of rotatable bonds is 6. The van der Waals surface area contributed by atoms with Crippen LogP contribution < -0.4 is 5.32 Å². The van der Waals surface area contributed by atoms with Gasteiger partial charge in [-0.1, -0.05) is 25.0 Å². The zero-order valence-corrected chi connectivity index (χ0v) is 17.6. The molecule has 2 fully saturated rings. The number of benzene rings is 1. The number of amides is 2. The zero-order valence-electron chi connectivity index (χ0n) is 17.6. The summed E-state index contributed by atoms with van der Waals surface area (Å²) in [5, 5.41) is 3.11. The van der Waals surface area contributed by atoms with E-state index in [1.54, 1.807) is 11.1 Å². The molecule has 2 aromatic rings. The zero-order chi connectivity index (χ0) is 21.7. The van der Waals surface area contributed by atoms with Gasteiger partial charge >= 0.3 is 0 Å². The Bertz CT molecular complexity index is 892. The van der Waals surface area contributed by atoms with Crippen molar-refractivity contribution in [1.29, 1.82) is 0 Å². The number of hydrogen-bond acceptors (Lipinski definition) is 5. The van der Waals surface area contributed by atoms with Crippen LogP contribution in [0.25, 0.3) is 0 Å². The van der Waals surface area contributed by atoms with E-state index in [9.17, 15) is 14.0 Å². The molecule has 1 aromatic heterocycles. The summed E-state index contributed by atoms with van der Waals surface area (Å²) in [5.41, 5.74) is 1.34. The summed E-state index contributed by atoms with van der Waals surface area (Å²) in [7, 11) is 0. The molecule has 1 aromatic carbocycles. The quantitative estimate of drug-likeness (QED) is 0.766. The molecule has 4 rings (SSSR count). The van der Waals surface area contributed by atoms with E-state index in [1.807, 2.05) is 12.1 Å². The number of piperazine rings is 1. The standard InChI is InChI=1S/C23H28FN5O2/c24-19-5-3-18(4-6-19)23(7-1-2-8-23)17-27-21(30)16-28-11-13-29(14-12-28)22(31)20-15-25-9-10-26-20/h3-6,9-10,15H,1-2,7-8,11-14,16-17H2,(H,27,30). The van der Waals surface area contributed by atoms with Gasteiger partial charge in [-0.25, -0.2) is 9.37 Å². The number of carbonyl (C=O) groups excluding carboxylic acids is 2. The molecule has 31 heavy (non-hydrogen) atoms. The third-order valence-corrected chi connectivity index (χ3v) is 6.45. The van der Waals surface area contributed by atoms with Crippen LogP contribution in [0.3, 0.4) is 0 Å². The molecule has 164 valence electrons. The summed E-state index contributed by atoms with van der Waals surface area (Å²) < 4.78 is 13.3. The maximum Gasteiger partial charge on any atom is 0.274 e. The van der Waals surface area contributed by atoms with Crippen LogP contribution >= 0.6 is 0 Å². The van der Waals surface area contributed by atoms with E-state index < -0.39 is 0 Å². The van der Waals surface area contributed by atoms with Crippen LogP contribution in [-0.2, 0) is 10.2 Å². The van der Waals surface area contributed by atoms with E-state index in [0.717, 1.165) is 31.2 Å². The van der Waals surface area contributed by atoms with Gasteiger partial charge < -0.3 is 10.2 Å². The minimum absolute atomic E-state index is 0.0120. The molecule has 2 aliphatic rings. The molecule has 0 atom stereocenters. The van der Waals surface area contributed by atoms with E-state index in [1.165, 1.54) is 24.5 Å². The third-order valence-electron chi connectivity index (χ3n) is 6.45. The molecule has 1 saturated carbocycles. The third kappa shape index (κ3) is 5.07. The lowest BCUT2D eigenvalue weighted by Crippen LogP contribution is -2.52. The van der Waals surface area contributed by atoms with Crippen LogP contribution in [0, 0.1) is 5.82 Å². The normalized spacial score (nSPS) is 18.7.